The van der Waals surface area contributed by atoms with Gasteiger partial charge < -0.3 is 19.2 Å². The van der Waals surface area contributed by atoms with Crippen LogP contribution in [-0.2, 0) is 0 Å². The molecule has 0 aromatic rings. The van der Waals surface area contributed by atoms with Crippen molar-refractivity contribution in [3.05, 3.63) is 0 Å². The molecule has 0 aromatic heterocycles. The largest absolute Gasteiger partial charge is 0.668 e. The highest BCUT2D eigenvalue weighted by Crippen LogP contribution is 1.67. The maximum atomic E-state index is 7.33. The first-order valence-corrected chi connectivity index (χ1v) is 2.68. The Labute approximate surface area is 96.2 Å². The normalized spacial score (nSPS) is 7.50. The molecule has 0 radical (unpaired) electrons. The Hall–Kier alpha value is 2.36. The van der Waals surface area contributed by atoms with Crippen LogP contribution in [0.25, 0.3) is 0 Å². The van der Waals surface area contributed by atoms with Crippen molar-refractivity contribution in [2.75, 3.05) is 0 Å². The molecule has 0 bridgehead atoms. The lowest BCUT2D eigenvalue weighted by Crippen LogP contribution is -2.33. The van der Waals surface area contributed by atoms with Crippen LogP contribution < -0.4 is 0 Å². The van der Waals surface area contributed by atoms with E-state index in [-0.39, 0.29) is 69.2 Å². The van der Waals surface area contributed by atoms with Crippen molar-refractivity contribution >= 4 is 78.2 Å². The van der Waals surface area contributed by atoms with Gasteiger partial charge in [-0.15, -0.1) is 0 Å². The fourth-order valence-electron chi connectivity index (χ4n) is 0. The Morgan fingerprint density at radius 2 is 0.625 bits per heavy atom. The summed E-state index contributed by atoms with van der Waals surface area (Å²) < 4.78 is 0. The molecule has 0 rings (SSSR count). The number of rotatable bonds is 0. The van der Waals surface area contributed by atoms with Crippen LogP contribution in [-0.4, -0.2) is 97.4 Å². The van der Waals surface area contributed by atoms with Crippen molar-refractivity contribution in [3.63, 3.8) is 0 Å². The molecule has 0 aromatic carbocycles. The van der Waals surface area contributed by atoms with Crippen molar-refractivity contribution in [2.45, 2.75) is 0 Å². The first-order valence-electron chi connectivity index (χ1n) is 0.894. The van der Waals surface area contributed by atoms with E-state index < -0.39 is 9.05 Å². The maximum absolute atomic E-state index is 7.33. The van der Waals surface area contributed by atoms with Crippen LogP contribution in [0, 0.1) is 0 Å². The van der Waals surface area contributed by atoms with Crippen molar-refractivity contribution in [1.29, 1.82) is 0 Å². The highest BCUT2D eigenvalue weighted by molar-refractivity contribution is 6.46. The van der Waals surface area contributed by atoms with Crippen LogP contribution in [0.5, 0.6) is 0 Å². The molecular weight excluding hydrogens is 165 g/mol. The van der Waals surface area contributed by atoms with Crippen molar-refractivity contribution < 1.29 is 19.2 Å². The van der Waals surface area contributed by atoms with E-state index >= 15 is 0 Å². The summed E-state index contributed by atoms with van der Waals surface area (Å²) in [5.74, 6) is 0. The summed E-state index contributed by atoms with van der Waals surface area (Å²) in [4.78, 5) is 29.3. The fourth-order valence-corrected chi connectivity index (χ4v) is 0. The van der Waals surface area contributed by atoms with Gasteiger partial charge in [-0.2, -0.15) is 0 Å². The Morgan fingerprint density at radius 3 is 0.625 bits per heavy atom. The van der Waals surface area contributed by atoms with Crippen molar-refractivity contribution in [3.8, 4) is 0 Å². The Kier molecular flexibility index (Phi) is 26.2. The summed E-state index contributed by atoms with van der Waals surface area (Å²) in [5.41, 5.74) is 0. The van der Waals surface area contributed by atoms with Crippen LogP contribution in [0.1, 0.15) is 0 Å². The molecule has 0 atom stereocenters. The minimum Gasteiger partial charge on any atom is -0.368 e. The lowest BCUT2D eigenvalue weighted by Gasteiger charge is -1.91. The molecule has 0 unspecified atom stereocenters. The second kappa shape index (κ2) is 9.36. The van der Waals surface area contributed by atoms with E-state index in [1.54, 1.807) is 0 Å². The second-order valence-corrected chi connectivity index (χ2v) is 1.80. The summed E-state index contributed by atoms with van der Waals surface area (Å²) in [6.07, 6.45) is 0. The lowest BCUT2D eigenvalue weighted by atomic mass is 15.7. The molecule has 0 aliphatic rings. The van der Waals surface area contributed by atoms with Gasteiger partial charge in [-0.05, 0) is 0 Å². The topological polar surface area (TPSA) is 80.9 Å². The minimum atomic E-state index is -4.61. The summed E-state index contributed by atoms with van der Waals surface area (Å²) >= 11 is 0. The smallest absolute Gasteiger partial charge is 0.368 e. The molecule has 0 saturated carbocycles. The molecule has 0 aliphatic carbocycles. The van der Waals surface area contributed by atoms with Gasteiger partial charge >= 0.3 is 78.2 Å². The van der Waals surface area contributed by atoms with E-state index in [0.29, 0.717) is 0 Å². The summed E-state index contributed by atoms with van der Waals surface area (Å²) in [7, 11) is -4.61. The molecule has 0 spiro atoms. The molecule has 8 heteroatoms. The van der Waals surface area contributed by atoms with E-state index in [2.05, 4.69) is 0 Å². The summed E-state index contributed by atoms with van der Waals surface area (Å²) in [6, 6.07) is 0. The van der Waals surface area contributed by atoms with Gasteiger partial charge in [-0.25, -0.2) is 0 Å². The van der Waals surface area contributed by atoms with E-state index in [9.17, 15) is 0 Å². The van der Waals surface area contributed by atoms with Gasteiger partial charge in [0.05, 0.1) is 0 Å². The summed E-state index contributed by atoms with van der Waals surface area (Å²) in [6.45, 7) is 0. The lowest BCUT2D eigenvalue weighted by molar-refractivity contribution is 0.117. The van der Waals surface area contributed by atoms with Crippen LogP contribution >= 0.6 is 0 Å². The van der Waals surface area contributed by atoms with Crippen molar-refractivity contribution in [2.24, 2.45) is 0 Å². The molecule has 0 saturated heterocycles. The maximum Gasteiger partial charge on any atom is 0.668 e. The van der Waals surface area contributed by atoms with E-state index in [1.807, 2.05) is 0 Å². The Balaban J connectivity index is -0.0000000267. The standard InChI is InChI=1S/3Mg.H4O4Si.6H/c;;;1-5(2,3)4;;;;;;/h;;;1-4H;;;;;;. The van der Waals surface area contributed by atoms with Crippen LogP contribution in [0.15, 0.2) is 0 Å². The third-order valence-electron chi connectivity index (χ3n) is 0. The monoisotopic (exact) mass is 174 g/mol. The van der Waals surface area contributed by atoms with Gasteiger partial charge in [0.25, 0.3) is 0 Å². The SMILES string of the molecule is O[Si](O)(O)O.[MgH2].[MgH2].[MgH2]. The van der Waals surface area contributed by atoms with Gasteiger partial charge in [-0.1, -0.05) is 0 Å². The van der Waals surface area contributed by atoms with Crippen LogP contribution in [0.3, 0.4) is 0 Å². The van der Waals surface area contributed by atoms with E-state index in [1.165, 1.54) is 0 Å². The molecule has 44 valence electrons. The molecule has 8 heavy (non-hydrogen) atoms. The second-order valence-electron chi connectivity index (χ2n) is 0.600. The third kappa shape index (κ3) is 81.5. The van der Waals surface area contributed by atoms with E-state index in [4.69, 9.17) is 19.2 Å². The number of hydrogen-bond donors (Lipinski definition) is 4. The average Bonchev–Trinajstić information content (AvgIpc) is 0.722. The summed E-state index contributed by atoms with van der Waals surface area (Å²) in [5, 5.41) is 0. The molecule has 0 fully saturated rings. The minimum absolute atomic E-state index is 0. The highest BCUT2D eigenvalue weighted by Gasteiger charge is 2.22. The van der Waals surface area contributed by atoms with Gasteiger partial charge in [0, 0.05) is 0 Å². The molecule has 0 amide bonds. The highest BCUT2D eigenvalue weighted by atomic mass is 28.4. The van der Waals surface area contributed by atoms with Gasteiger partial charge in [0.1, 0.15) is 0 Å². The molecule has 0 aliphatic heterocycles. The Bertz CT molecular complexity index is 26.8. The zero-order chi connectivity index (χ0) is 4.50. The number of hydrogen-bond acceptors (Lipinski definition) is 4. The molecular formula is H10Mg3O4Si. The first kappa shape index (κ1) is 22.4. The molecule has 0 heterocycles. The van der Waals surface area contributed by atoms with E-state index in [0.717, 1.165) is 0 Å². The van der Waals surface area contributed by atoms with Gasteiger partial charge in [0.15, 0.2) is 0 Å². The van der Waals surface area contributed by atoms with Crippen LogP contribution in [0.2, 0.25) is 0 Å². The first-order chi connectivity index (χ1) is 2.00. The molecule has 4 N–H and O–H groups in total. The van der Waals surface area contributed by atoms with Crippen molar-refractivity contribution in [1.82, 2.24) is 0 Å². The fraction of sp³-hybridized carbons (Fsp3) is 0. The van der Waals surface area contributed by atoms with Gasteiger partial charge in [-0.3, -0.25) is 0 Å². The zero-order valence-corrected chi connectivity index (χ0v) is 3.29. The quantitative estimate of drug-likeness (QED) is 0.277. The van der Waals surface area contributed by atoms with Gasteiger partial charge in [0.2, 0.25) is 0 Å². The zero-order valence-electron chi connectivity index (χ0n) is 2.29. The average molecular weight is 175 g/mol. The molecule has 4 nitrogen and oxygen atoms in total. The van der Waals surface area contributed by atoms with Crippen LogP contribution in [0.4, 0.5) is 0 Å². The Morgan fingerprint density at radius 1 is 0.625 bits per heavy atom. The third-order valence-corrected chi connectivity index (χ3v) is 0. The predicted octanol–water partition coefficient (Wildman–Crippen LogP) is -5.36. The predicted molar refractivity (Wildman–Crippen MR) is 40.3 cm³/mol.